The van der Waals surface area contributed by atoms with Crippen molar-refractivity contribution in [3.8, 4) is 5.75 Å². The first-order chi connectivity index (χ1) is 12.7. The molecule has 0 N–H and O–H groups in total. The Hall–Kier alpha value is -2.60. The van der Waals surface area contributed by atoms with Gasteiger partial charge in [0.25, 0.3) is 0 Å². The lowest BCUT2D eigenvalue weighted by atomic mass is 10.1. The van der Waals surface area contributed by atoms with E-state index in [1.165, 1.54) is 0 Å². The van der Waals surface area contributed by atoms with E-state index in [1.54, 1.807) is 19.3 Å². The van der Waals surface area contributed by atoms with Crippen molar-refractivity contribution in [3.05, 3.63) is 71.5 Å². The fourth-order valence-electron chi connectivity index (χ4n) is 2.35. The van der Waals surface area contributed by atoms with Crippen molar-refractivity contribution < 1.29 is 18.7 Å². The van der Waals surface area contributed by atoms with Crippen LogP contribution in [0.25, 0.3) is 11.1 Å². The number of pyridine rings is 1. The van der Waals surface area contributed by atoms with Gasteiger partial charge in [-0.25, -0.2) is 4.98 Å². The van der Waals surface area contributed by atoms with Crippen LogP contribution in [0.5, 0.6) is 5.75 Å². The van der Waals surface area contributed by atoms with Gasteiger partial charge in [0.05, 0.1) is 29.5 Å². The molecule has 0 spiro atoms. The second-order valence-electron chi connectivity index (χ2n) is 5.11. The fraction of sp³-hybridized carbons (Fsp3) is 0.200. The summed E-state index contributed by atoms with van der Waals surface area (Å²) in [5.41, 5.74) is 3.03. The third-order valence-corrected chi connectivity index (χ3v) is 4.00. The number of aromatic nitrogens is 1. The van der Waals surface area contributed by atoms with E-state index in [0.29, 0.717) is 24.5 Å². The summed E-state index contributed by atoms with van der Waals surface area (Å²) in [6, 6.07) is 11.1. The maximum absolute atomic E-state index is 11.7. The van der Waals surface area contributed by atoms with Crippen LogP contribution in [0.4, 0.5) is 0 Å². The SMILES string of the molecule is C=C.CCOC(=O)Cc1ccccc1OCc1cc(Br)c2occc2n1. The van der Waals surface area contributed by atoms with Gasteiger partial charge in [-0.05, 0) is 35.0 Å². The van der Waals surface area contributed by atoms with Gasteiger partial charge in [0.1, 0.15) is 17.9 Å². The topological polar surface area (TPSA) is 61.6 Å². The minimum absolute atomic E-state index is 0.182. The smallest absolute Gasteiger partial charge is 0.310 e. The van der Waals surface area contributed by atoms with E-state index >= 15 is 0 Å². The number of para-hydroxylation sites is 1. The second kappa shape index (κ2) is 9.77. The van der Waals surface area contributed by atoms with Crippen LogP contribution in [0.15, 0.2) is 64.7 Å². The molecule has 0 aliphatic rings. The Morgan fingerprint density at radius 2 is 2.04 bits per heavy atom. The number of furan rings is 1. The normalized spacial score (nSPS) is 10.1. The van der Waals surface area contributed by atoms with Gasteiger partial charge < -0.3 is 13.9 Å². The zero-order valence-corrected chi connectivity index (χ0v) is 16.1. The second-order valence-corrected chi connectivity index (χ2v) is 5.96. The van der Waals surface area contributed by atoms with E-state index in [4.69, 9.17) is 13.9 Å². The maximum atomic E-state index is 11.7. The number of benzene rings is 1. The van der Waals surface area contributed by atoms with Gasteiger partial charge in [-0.15, -0.1) is 13.2 Å². The van der Waals surface area contributed by atoms with Crippen LogP contribution in [-0.2, 0) is 22.6 Å². The van der Waals surface area contributed by atoms with Crippen molar-refractivity contribution in [2.24, 2.45) is 0 Å². The number of nitrogens with zero attached hydrogens (tertiary/aromatic N) is 1. The molecule has 136 valence electrons. The summed E-state index contributed by atoms with van der Waals surface area (Å²) >= 11 is 3.47. The Balaban J connectivity index is 0.00000117. The van der Waals surface area contributed by atoms with Crippen molar-refractivity contribution in [2.45, 2.75) is 20.0 Å². The molecule has 0 aliphatic heterocycles. The predicted molar refractivity (Wildman–Crippen MR) is 104 cm³/mol. The molecule has 0 bridgehead atoms. The highest BCUT2D eigenvalue weighted by Crippen LogP contribution is 2.26. The Labute approximate surface area is 160 Å². The molecule has 0 aliphatic carbocycles. The summed E-state index contributed by atoms with van der Waals surface area (Å²) in [5, 5.41) is 0. The fourth-order valence-corrected chi connectivity index (χ4v) is 2.91. The average Bonchev–Trinajstić information content (AvgIpc) is 3.12. The summed E-state index contributed by atoms with van der Waals surface area (Å²) < 4.78 is 17.0. The van der Waals surface area contributed by atoms with E-state index in [-0.39, 0.29) is 12.4 Å². The van der Waals surface area contributed by atoms with E-state index in [0.717, 1.165) is 21.2 Å². The Bertz CT molecular complexity index is 875. The molecule has 3 aromatic rings. The summed E-state index contributed by atoms with van der Waals surface area (Å²) in [4.78, 5) is 16.2. The number of fused-ring (bicyclic) bond motifs is 1. The van der Waals surface area contributed by atoms with Gasteiger partial charge in [-0.1, -0.05) is 18.2 Å². The summed E-state index contributed by atoms with van der Waals surface area (Å²) in [6.45, 7) is 8.44. The van der Waals surface area contributed by atoms with Crippen molar-refractivity contribution in [1.82, 2.24) is 4.98 Å². The molecule has 2 aromatic heterocycles. The van der Waals surface area contributed by atoms with Gasteiger partial charge in [-0.2, -0.15) is 0 Å². The maximum Gasteiger partial charge on any atom is 0.310 e. The molecule has 6 heteroatoms. The molecule has 26 heavy (non-hydrogen) atoms. The minimum atomic E-state index is -0.269. The molecule has 2 heterocycles. The number of hydrogen-bond donors (Lipinski definition) is 0. The number of hydrogen-bond acceptors (Lipinski definition) is 5. The molecule has 5 nitrogen and oxygen atoms in total. The van der Waals surface area contributed by atoms with Crippen LogP contribution in [0.2, 0.25) is 0 Å². The Morgan fingerprint density at radius 3 is 2.81 bits per heavy atom. The molecule has 0 unspecified atom stereocenters. The lowest BCUT2D eigenvalue weighted by Gasteiger charge is -2.11. The van der Waals surface area contributed by atoms with Crippen molar-refractivity contribution in [3.63, 3.8) is 0 Å². The lowest BCUT2D eigenvalue weighted by molar-refractivity contribution is -0.142. The molecule has 0 radical (unpaired) electrons. The van der Waals surface area contributed by atoms with E-state index in [2.05, 4.69) is 34.1 Å². The van der Waals surface area contributed by atoms with Crippen LogP contribution in [0.3, 0.4) is 0 Å². The van der Waals surface area contributed by atoms with Crippen LogP contribution < -0.4 is 4.74 Å². The zero-order valence-electron chi connectivity index (χ0n) is 14.5. The number of carbonyl (C=O) groups is 1. The molecule has 0 saturated carbocycles. The van der Waals surface area contributed by atoms with Gasteiger partial charge >= 0.3 is 5.97 Å². The molecular weight excluding hydrogens is 398 g/mol. The third kappa shape index (κ3) is 4.95. The van der Waals surface area contributed by atoms with Crippen LogP contribution in [0.1, 0.15) is 18.2 Å². The molecule has 0 atom stereocenters. The highest BCUT2D eigenvalue weighted by molar-refractivity contribution is 9.10. The molecule has 0 fully saturated rings. The summed E-state index contributed by atoms with van der Waals surface area (Å²) in [6.07, 6.45) is 1.78. The Kier molecular flexibility index (Phi) is 7.41. The quantitative estimate of drug-likeness (QED) is 0.413. The van der Waals surface area contributed by atoms with Crippen LogP contribution in [0, 0.1) is 0 Å². The van der Waals surface area contributed by atoms with Crippen molar-refractivity contribution >= 4 is 33.0 Å². The zero-order chi connectivity index (χ0) is 18.9. The number of rotatable bonds is 6. The number of halogens is 1. The minimum Gasteiger partial charge on any atom is -0.487 e. The first kappa shape index (κ1) is 19.7. The monoisotopic (exact) mass is 417 g/mol. The standard InChI is InChI=1S/C18H16BrNO4.C2H4/c1-2-22-17(21)9-12-5-3-4-6-16(12)24-11-13-10-14(19)18-15(20-13)7-8-23-18;1-2/h3-8,10H,2,9,11H2,1H3;1-2H2. The number of ether oxygens (including phenoxy) is 2. The van der Waals surface area contributed by atoms with Gasteiger partial charge in [0.15, 0.2) is 5.58 Å². The van der Waals surface area contributed by atoms with E-state index < -0.39 is 0 Å². The summed E-state index contributed by atoms with van der Waals surface area (Å²) in [5.74, 6) is 0.380. The van der Waals surface area contributed by atoms with Gasteiger partial charge in [0.2, 0.25) is 0 Å². The largest absolute Gasteiger partial charge is 0.487 e. The molecule has 0 amide bonds. The Morgan fingerprint density at radius 1 is 1.27 bits per heavy atom. The highest BCUT2D eigenvalue weighted by Gasteiger charge is 2.11. The van der Waals surface area contributed by atoms with Crippen molar-refractivity contribution in [1.29, 1.82) is 0 Å². The van der Waals surface area contributed by atoms with E-state index in [1.807, 2.05) is 30.3 Å². The molecule has 0 saturated heterocycles. The first-order valence-electron chi connectivity index (χ1n) is 8.06. The molecule has 3 rings (SSSR count). The van der Waals surface area contributed by atoms with Crippen molar-refractivity contribution in [2.75, 3.05) is 6.61 Å². The number of esters is 1. The first-order valence-corrected chi connectivity index (χ1v) is 8.85. The highest BCUT2D eigenvalue weighted by atomic mass is 79.9. The lowest BCUT2D eigenvalue weighted by Crippen LogP contribution is -2.09. The average molecular weight is 418 g/mol. The van der Waals surface area contributed by atoms with E-state index in [9.17, 15) is 4.79 Å². The van der Waals surface area contributed by atoms with Gasteiger partial charge in [-0.3, -0.25) is 4.79 Å². The van der Waals surface area contributed by atoms with Gasteiger partial charge in [0, 0.05) is 11.6 Å². The molecule has 1 aromatic carbocycles. The summed E-state index contributed by atoms with van der Waals surface area (Å²) in [7, 11) is 0. The molecular formula is C20H20BrNO4. The predicted octanol–water partition coefficient (Wildman–Crippen LogP) is 5.08. The number of carbonyl (C=O) groups excluding carboxylic acids is 1. The third-order valence-electron chi connectivity index (χ3n) is 3.41. The van der Waals surface area contributed by atoms with Crippen LogP contribution in [-0.4, -0.2) is 17.6 Å². The van der Waals surface area contributed by atoms with Crippen LogP contribution >= 0.6 is 15.9 Å².